The van der Waals surface area contributed by atoms with Crippen LogP contribution in [-0.4, -0.2) is 14.7 Å². The lowest BCUT2D eigenvalue weighted by Gasteiger charge is -1.98. The molecule has 0 spiro atoms. The zero-order chi connectivity index (χ0) is 5.86. The molecule has 1 unspecified atom stereocenters. The van der Waals surface area contributed by atoms with Crippen molar-refractivity contribution >= 4 is 17.3 Å². The highest BCUT2D eigenvalue weighted by atomic mass is 31.2. The quantitative estimate of drug-likeness (QED) is 0.495. The van der Waals surface area contributed by atoms with E-state index in [0.717, 1.165) is 0 Å². The molecule has 7 heavy (non-hydrogen) atoms. The van der Waals surface area contributed by atoms with Crippen LogP contribution in [0, 0.1) is 0 Å². The molecule has 0 aromatic heterocycles. The van der Waals surface area contributed by atoms with Crippen LogP contribution in [0.3, 0.4) is 0 Å². The Labute approximate surface area is 41.6 Å². The molecule has 4 nitrogen and oxygen atoms in total. The lowest BCUT2D eigenvalue weighted by atomic mass is 15.8. The fraction of sp³-hybridized carbons (Fsp3) is 0. The molecule has 0 radical (unpaired) electrons. The fourth-order valence-corrected chi connectivity index (χ4v) is 0.542. The van der Waals surface area contributed by atoms with E-state index >= 15 is 0 Å². The molecular formula is H3FO4P2. The molecule has 1 atom stereocenters. The van der Waals surface area contributed by atoms with Crippen molar-refractivity contribution in [3.8, 4) is 0 Å². The van der Waals surface area contributed by atoms with Crippen LogP contribution in [0.5, 0.6) is 0 Å². The average molecular weight is 148 g/mol. The van der Waals surface area contributed by atoms with Crippen LogP contribution in [0.4, 0.5) is 4.20 Å². The minimum Gasteiger partial charge on any atom is -0.328 e. The zero-order valence-electron chi connectivity index (χ0n) is 3.02. The van der Waals surface area contributed by atoms with Crippen molar-refractivity contribution < 1.29 is 23.2 Å². The van der Waals surface area contributed by atoms with Crippen LogP contribution in [0.25, 0.3) is 0 Å². The third-order valence-corrected chi connectivity index (χ3v) is 1.26. The summed E-state index contributed by atoms with van der Waals surface area (Å²) in [7, 11) is -5.85. The highest BCUT2D eigenvalue weighted by Gasteiger charge is 2.08. The molecule has 7 heteroatoms. The van der Waals surface area contributed by atoms with Crippen molar-refractivity contribution in [1.29, 1.82) is 0 Å². The van der Waals surface area contributed by atoms with Crippen LogP contribution in [0.15, 0.2) is 0 Å². The summed E-state index contributed by atoms with van der Waals surface area (Å²) in [6.45, 7) is 0. The smallest absolute Gasteiger partial charge is 0.328 e. The third-order valence-electron chi connectivity index (χ3n) is 0.140. The van der Waals surface area contributed by atoms with Gasteiger partial charge < -0.3 is 14.7 Å². The first-order valence-corrected chi connectivity index (χ1v) is 3.40. The van der Waals surface area contributed by atoms with Gasteiger partial charge in [-0.2, -0.15) is 4.20 Å². The Morgan fingerprint density at radius 2 is 1.71 bits per heavy atom. The molecule has 0 amide bonds. The predicted octanol–water partition coefficient (Wildman–Crippen LogP) is 0.403. The second-order valence-corrected chi connectivity index (χ2v) is 2.17. The third kappa shape index (κ3) is 6.63. The van der Waals surface area contributed by atoms with Crippen LogP contribution in [0.1, 0.15) is 0 Å². The molecule has 0 rings (SSSR count). The van der Waals surface area contributed by atoms with E-state index in [2.05, 4.69) is 4.31 Å². The molecule has 0 saturated carbocycles. The summed E-state index contributed by atoms with van der Waals surface area (Å²) in [5.41, 5.74) is 0. The molecule has 0 aliphatic rings. The predicted molar refractivity (Wildman–Crippen MR) is 22.7 cm³/mol. The summed E-state index contributed by atoms with van der Waals surface area (Å²) < 4.78 is 14.4. The van der Waals surface area contributed by atoms with Crippen molar-refractivity contribution in [3.63, 3.8) is 0 Å². The van der Waals surface area contributed by atoms with Gasteiger partial charge >= 0.3 is 17.3 Å². The number of rotatable bonds is 2. The monoisotopic (exact) mass is 148 g/mol. The minimum absolute atomic E-state index is 2.74. The maximum Gasteiger partial charge on any atom is 0.379 e. The first kappa shape index (κ1) is 7.63. The molecule has 0 heterocycles. The van der Waals surface area contributed by atoms with E-state index in [9.17, 15) is 4.20 Å². The average Bonchev–Trinajstić information content (AvgIpc) is 1.27. The standard InChI is InChI=1S/FH3O4P2/c1-6(2)5-7(3)4/h2-4H. The van der Waals surface area contributed by atoms with Gasteiger partial charge in [-0.25, -0.2) is 4.31 Å². The van der Waals surface area contributed by atoms with Gasteiger partial charge in [0.15, 0.2) is 0 Å². The first-order chi connectivity index (χ1) is 3.13. The van der Waals surface area contributed by atoms with Crippen LogP contribution >= 0.6 is 17.3 Å². The second kappa shape index (κ2) is 3.61. The van der Waals surface area contributed by atoms with Crippen LogP contribution in [0.2, 0.25) is 0 Å². The summed E-state index contributed by atoms with van der Waals surface area (Å²) in [6.07, 6.45) is 0. The first-order valence-electron chi connectivity index (χ1n) is 1.13. The Balaban J connectivity index is 2.95. The molecule has 0 fully saturated rings. The van der Waals surface area contributed by atoms with E-state index in [-0.39, 0.29) is 0 Å². The normalized spacial score (nSPS) is 15.0. The lowest BCUT2D eigenvalue weighted by Crippen LogP contribution is -1.69. The SMILES string of the molecule is OP(O)OP(O)F. The number of halogens is 1. The van der Waals surface area contributed by atoms with Gasteiger partial charge in [-0.05, 0) is 0 Å². The molecule has 0 aromatic rings. The van der Waals surface area contributed by atoms with E-state index in [1.807, 2.05) is 0 Å². The molecule has 0 aliphatic heterocycles. The zero-order valence-corrected chi connectivity index (χ0v) is 4.81. The summed E-state index contributed by atoms with van der Waals surface area (Å²) in [5, 5.41) is 0. The number of hydrogen-bond acceptors (Lipinski definition) is 4. The van der Waals surface area contributed by atoms with Crippen molar-refractivity contribution in [2.75, 3.05) is 0 Å². The molecule has 0 bridgehead atoms. The second-order valence-electron chi connectivity index (χ2n) is 0.561. The largest absolute Gasteiger partial charge is 0.379 e. The summed E-state index contributed by atoms with van der Waals surface area (Å²) in [4.78, 5) is 23.1. The van der Waals surface area contributed by atoms with E-state index < -0.39 is 17.3 Å². The van der Waals surface area contributed by atoms with Gasteiger partial charge in [0.2, 0.25) is 0 Å². The minimum atomic E-state index is -3.11. The van der Waals surface area contributed by atoms with Gasteiger partial charge in [-0.1, -0.05) is 0 Å². The van der Waals surface area contributed by atoms with Crippen molar-refractivity contribution in [3.05, 3.63) is 0 Å². The summed E-state index contributed by atoms with van der Waals surface area (Å²) >= 11 is 0. The molecular weight excluding hydrogens is 145 g/mol. The highest BCUT2D eigenvalue weighted by molar-refractivity contribution is 7.53. The van der Waals surface area contributed by atoms with Gasteiger partial charge in [-0.15, -0.1) is 0 Å². The van der Waals surface area contributed by atoms with Crippen molar-refractivity contribution in [2.24, 2.45) is 0 Å². The maximum absolute atomic E-state index is 11.0. The van der Waals surface area contributed by atoms with E-state index in [1.165, 1.54) is 0 Å². The van der Waals surface area contributed by atoms with Gasteiger partial charge in [-0.3, -0.25) is 0 Å². The van der Waals surface area contributed by atoms with E-state index in [0.29, 0.717) is 0 Å². The van der Waals surface area contributed by atoms with Crippen molar-refractivity contribution in [1.82, 2.24) is 0 Å². The Kier molecular flexibility index (Phi) is 3.93. The van der Waals surface area contributed by atoms with E-state index in [4.69, 9.17) is 14.7 Å². The Morgan fingerprint density at radius 1 is 1.29 bits per heavy atom. The Morgan fingerprint density at radius 3 is 1.71 bits per heavy atom. The molecule has 0 aromatic carbocycles. The molecule has 44 valence electrons. The summed E-state index contributed by atoms with van der Waals surface area (Å²) in [6, 6.07) is 0. The van der Waals surface area contributed by atoms with Gasteiger partial charge in [0, 0.05) is 0 Å². The molecule has 0 aliphatic carbocycles. The Hall–Kier alpha value is 0.630. The van der Waals surface area contributed by atoms with Crippen molar-refractivity contribution in [2.45, 2.75) is 0 Å². The van der Waals surface area contributed by atoms with Gasteiger partial charge in [0.1, 0.15) is 0 Å². The maximum atomic E-state index is 11.0. The van der Waals surface area contributed by atoms with Gasteiger partial charge in [0.25, 0.3) is 0 Å². The number of hydrogen-bond donors (Lipinski definition) is 3. The molecule has 0 saturated heterocycles. The van der Waals surface area contributed by atoms with Crippen LogP contribution < -0.4 is 0 Å². The van der Waals surface area contributed by atoms with Gasteiger partial charge in [0.05, 0.1) is 0 Å². The van der Waals surface area contributed by atoms with Crippen LogP contribution in [-0.2, 0) is 4.31 Å². The Bertz CT molecular complexity index is 39.0. The highest BCUT2D eigenvalue weighted by Crippen LogP contribution is 2.46. The topological polar surface area (TPSA) is 69.9 Å². The fourth-order valence-electron chi connectivity index (χ4n) is 0.0603. The lowest BCUT2D eigenvalue weighted by molar-refractivity contribution is 0.350. The molecule has 3 N–H and O–H groups in total. The summed E-state index contributed by atoms with van der Waals surface area (Å²) in [5.74, 6) is 0. The van der Waals surface area contributed by atoms with E-state index in [1.54, 1.807) is 0 Å².